The Balaban J connectivity index is 4.11. The lowest BCUT2D eigenvalue weighted by atomic mass is 10.0. The van der Waals surface area contributed by atoms with E-state index in [4.69, 9.17) is 0 Å². The highest BCUT2D eigenvalue weighted by atomic mass is 16.3. The van der Waals surface area contributed by atoms with Crippen molar-refractivity contribution in [2.75, 3.05) is 13.1 Å². The van der Waals surface area contributed by atoms with E-state index in [1.807, 2.05) is 6.92 Å². The van der Waals surface area contributed by atoms with Gasteiger partial charge in [0.15, 0.2) is 0 Å². The van der Waals surface area contributed by atoms with Gasteiger partial charge in [0.1, 0.15) is 0 Å². The summed E-state index contributed by atoms with van der Waals surface area (Å²) in [5.41, 5.74) is 0. The molecule has 0 spiro atoms. The van der Waals surface area contributed by atoms with Gasteiger partial charge in [0.2, 0.25) is 0 Å². The van der Waals surface area contributed by atoms with Gasteiger partial charge in [-0.3, -0.25) is 4.90 Å². The van der Waals surface area contributed by atoms with Gasteiger partial charge < -0.3 is 5.11 Å². The van der Waals surface area contributed by atoms with Crippen LogP contribution in [0.3, 0.4) is 0 Å². The molecule has 3 unspecified atom stereocenters. The largest absolute Gasteiger partial charge is 0.392 e. The number of aliphatic hydroxyl groups excluding tert-OH is 1. The van der Waals surface area contributed by atoms with Crippen LogP contribution >= 0.6 is 0 Å². The molecule has 86 valence electrons. The fourth-order valence-corrected chi connectivity index (χ4v) is 1.70. The summed E-state index contributed by atoms with van der Waals surface area (Å²) in [6.45, 7) is 13.0. The van der Waals surface area contributed by atoms with E-state index in [1.165, 1.54) is 6.42 Å². The molecule has 0 aliphatic rings. The van der Waals surface area contributed by atoms with Crippen molar-refractivity contribution in [2.45, 2.75) is 59.6 Å². The first-order chi connectivity index (χ1) is 6.56. The number of rotatable bonds is 7. The molecule has 0 amide bonds. The van der Waals surface area contributed by atoms with Crippen LogP contribution in [0.15, 0.2) is 0 Å². The molecular formula is C12H27NO. The molecule has 2 heteroatoms. The van der Waals surface area contributed by atoms with Crippen molar-refractivity contribution in [2.24, 2.45) is 5.92 Å². The molecule has 0 rings (SSSR count). The average molecular weight is 201 g/mol. The molecule has 0 heterocycles. The molecule has 1 N–H and O–H groups in total. The molecule has 0 saturated carbocycles. The van der Waals surface area contributed by atoms with Gasteiger partial charge >= 0.3 is 0 Å². The molecule has 0 saturated heterocycles. The first-order valence-corrected chi connectivity index (χ1v) is 5.98. The fraction of sp³-hybridized carbons (Fsp3) is 1.00. The molecule has 0 aliphatic carbocycles. The third-order valence-electron chi connectivity index (χ3n) is 3.20. The first-order valence-electron chi connectivity index (χ1n) is 5.98. The van der Waals surface area contributed by atoms with Crippen LogP contribution in [0.1, 0.15) is 47.5 Å². The molecule has 2 nitrogen and oxygen atoms in total. The molecule has 3 atom stereocenters. The number of likely N-dealkylation sites (N-methyl/N-ethyl adjacent to an activating group) is 1. The predicted octanol–water partition coefficient (Wildman–Crippen LogP) is 2.51. The fourth-order valence-electron chi connectivity index (χ4n) is 1.70. The summed E-state index contributed by atoms with van der Waals surface area (Å²) in [4.78, 5) is 2.38. The summed E-state index contributed by atoms with van der Waals surface area (Å²) < 4.78 is 0. The average Bonchev–Trinajstić information content (AvgIpc) is 2.23. The van der Waals surface area contributed by atoms with Crippen molar-refractivity contribution in [3.8, 4) is 0 Å². The van der Waals surface area contributed by atoms with Crippen molar-refractivity contribution in [3.05, 3.63) is 0 Å². The molecular weight excluding hydrogens is 174 g/mol. The highest BCUT2D eigenvalue weighted by Crippen LogP contribution is 2.11. The zero-order valence-corrected chi connectivity index (χ0v) is 10.5. The summed E-state index contributed by atoms with van der Waals surface area (Å²) in [6.07, 6.45) is 1.88. The zero-order chi connectivity index (χ0) is 11.1. The van der Waals surface area contributed by atoms with Crippen molar-refractivity contribution in [3.63, 3.8) is 0 Å². The molecule has 0 fully saturated rings. The topological polar surface area (TPSA) is 23.5 Å². The monoisotopic (exact) mass is 201 g/mol. The maximum absolute atomic E-state index is 9.77. The van der Waals surface area contributed by atoms with Crippen molar-refractivity contribution in [1.29, 1.82) is 0 Å². The summed E-state index contributed by atoms with van der Waals surface area (Å²) >= 11 is 0. The third-order valence-corrected chi connectivity index (χ3v) is 3.20. The Kier molecular flexibility index (Phi) is 7.20. The Hall–Kier alpha value is -0.0800. The standard InChI is InChI=1S/C12H27NO/c1-6-10(4)9-13(8-3)11(5)12(14)7-2/h10-12,14H,6-9H2,1-5H3. The third kappa shape index (κ3) is 4.43. The van der Waals surface area contributed by atoms with Gasteiger partial charge in [-0.15, -0.1) is 0 Å². The van der Waals surface area contributed by atoms with E-state index in [0.717, 1.165) is 25.4 Å². The lowest BCUT2D eigenvalue weighted by Crippen LogP contribution is -2.43. The van der Waals surface area contributed by atoms with Crippen LogP contribution in [0, 0.1) is 5.92 Å². The van der Waals surface area contributed by atoms with Gasteiger partial charge in [-0.05, 0) is 25.8 Å². The predicted molar refractivity (Wildman–Crippen MR) is 62.5 cm³/mol. The number of nitrogens with zero attached hydrogens (tertiary/aromatic N) is 1. The van der Waals surface area contributed by atoms with Crippen molar-refractivity contribution in [1.82, 2.24) is 4.90 Å². The van der Waals surface area contributed by atoms with Crippen LogP contribution in [-0.4, -0.2) is 35.2 Å². The Bertz CT molecular complexity index is 138. The minimum absolute atomic E-state index is 0.181. The number of aliphatic hydroxyl groups is 1. The van der Waals surface area contributed by atoms with Gasteiger partial charge in [-0.2, -0.15) is 0 Å². The lowest BCUT2D eigenvalue weighted by Gasteiger charge is -2.32. The number of hydrogen-bond acceptors (Lipinski definition) is 2. The van der Waals surface area contributed by atoms with Crippen LogP contribution in [-0.2, 0) is 0 Å². The quantitative estimate of drug-likeness (QED) is 0.684. The molecule has 0 aliphatic heterocycles. The molecule has 14 heavy (non-hydrogen) atoms. The van der Waals surface area contributed by atoms with Crippen LogP contribution in [0.4, 0.5) is 0 Å². The van der Waals surface area contributed by atoms with E-state index >= 15 is 0 Å². The second kappa shape index (κ2) is 7.24. The molecule has 0 radical (unpaired) electrons. The number of hydrogen-bond donors (Lipinski definition) is 1. The molecule has 0 aromatic carbocycles. The Morgan fingerprint density at radius 1 is 1.07 bits per heavy atom. The summed E-state index contributed by atoms with van der Waals surface area (Å²) in [5.74, 6) is 0.724. The van der Waals surface area contributed by atoms with Gasteiger partial charge in [0.25, 0.3) is 0 Å². The normalized spacial score (nSPS) is 18.2. The Labute approximate surface area is 89.3 Å². The van der Waals surface area contributed by atoms with E-state index in [9.17, 15) is 5.11 Å². The van der Waals surface area contributed by atoms with Crippen LogP contribution in [0.5, 0.6) is 0 Å². The van der Waals surface area contributed by atoms with Gasteiger partial charge in [0, 0.05) is 12.6 Å². The second-order valence-corrected chi connectivity index (χ2v) is 4.32. The summed E-state index contributed by atoms with van der Waals surface area (Å²) in [6, 6.07) is 0.291. The van der Waals surface area contributed by atoms with E-state index in [-0.39, 0.29) is 6.10 Å². The smallest absolute Gasteiger partial charge is 0.0690 e. The maximum Gasteiger partial charge on any atom is 0.0690 e. The van der Waals surface area contributed by atoms with Crippen molar-refractivity contribution >= 4 is 0 Å². The summed E-state index contributed by atoms with van der Waals surface area (Å²) in [7, 11) is 0. The first kappa shape index (κ1) is 13.9. The lowest BCUT2D eigenvalue weighted by molar-refractivity contribution is 0.0510. The van der Waals surface area contributed by atoms with Crippen LogP contribution in [0.2, 0.25) is 0 Å². The van der Waals surface area contributed by atoms with Gasteiger partial charge in [0.05, 0.1) is 6.10 Å². The Morgan fingerprint density at radius 2 is 1.64 bits per heavy atom. The van der Waals surface area contributed by atoms with E-state index < -0.39 is 0 Å². The Morgan fingerprint density at radius 3 is 2.00 bits per heavy atom. The SMILES string of the molecule is CCC(C)CN(CC)C(C)C(O)CC. The molecule has 0 aromatic rings. The van der Waals surface area contributed by atoms with E-state index in [0.29, 0.717) is 6.04 Å². The van der Waals surface area contributed by atoms with E-state index in [1.54, 1.807) is 0 Å². The maximum atomic E-state index is 9.77. The van der Waals surface area contributed by atoms with Crippen LogP contribution in [0.25, 0.3) is 0 Å². The zero-order valence-electron chi connectivity index (χ0n) is 10.5. The molecule has 0 bridgehead atoms. The highest BCUT2D eigenvalue weighted by Gasteiger charge is 2.19. The minimum atomic E-state index is -0.181. The van der Waals surface area contributed by atoms with Crippen molar-refractivity contribution < 1.29 is 5.11 Å². The van der Waals surface area contributed by atoms with Gasteiger partial charge in [-0.25, -0.2) is 0 Å². The van der Waals surface area contributed by atoms with Gasteiger partial charge in [-0.1, -0.05) is 34.1 Å². The second-order valence-electron chi connectivity index (χ2n) is 4.32. The molecule has 0 aromatic heterocycles. The minimum Gasteiger partial charge on any atom is -0.392 e. The van der Waals surface area contributed by atoms with E-state index in [2.05, 4.69) is 32.6 Å². The summed E-state index contributed by atoms with van der Waals surface area (Å²) in [5, 5.41) is 9.77. The van der Waals surface area contributed by atoms with Crippen LogP contribution < -0.4 is 0 Å². The highest BCUT2D eigenvalue weighted by molar-refractivity contribution is 4.74.